The molecule has 0 radical (unpaired) electrons. The Kier molecular flexibility index (Phi) is 7.46. The van der Waals surface area contributed by atoms with E-state index in [4.69, 9.17) is 24.6 Å². The van der Waals surface area contributed by atoms with Gasteiger partial charge in [0, 0.05) is 55.0 Å². The molecule has 1 amide bonds. The number of hydrogen-bond acceptors (Lipinski definition) is 12. The number of fused-ring (bicyclic) bond motifs is 2. The van der Waals surface area contributed by atoms with Gasteiger partial charge in [-0.15, -0.1) is 11.3 Å². The van der Waals surface area contributed by atoms with Gasteiger partial charge in [-0.25, -0.2) is 25.4 Å². The molecule has 1 aliphatic heterocycles. The Labute approximate surface area is 232 Å². The van der Waals surface area contributed by atoms with E-state index < -0.39 is 5.91 Å². The van der Waals surface area contributed by atoms with Crippen molar-refractivity contribution in [3.05, 3.63) is 53.3 Å². The van der Waals surface area contributed by atoms with Gasteiger partial charge in [0.2, 0.25) is 5.95 Å². The Morgan fingerprint density at radius 1 is 1.23 bits per heavy atom. The highest BCUT2D eigenvalue weighted by molar-refractivity contribution is 7.19. The molecular formula is C26H27N9O4S. The van der Waals surface area contributed by atoms with E-state index in [2.05, 4.69) is 31.1 Å². The molecule has 5 heterocycles. The molecule has 1 aliphatic rings. The van der Waals surface area contributed by atoms with E-state index >= 15 is 0 Å². The number of aromatic amines is 1. The molecule has 13 nitrogen and oxygen atoms in total. The van der Waals surface area contributed by atoms with Crippen molar-refractivity contribution in [1.29, 1.82) is 0 Å². The van der Waals surface area contributed by atoms with E-state index in [0.717, 1.165) is 50.5 Å². The van der Waals surface area contributed by atoms with E-state index in [-0.39, 0.29) is 5.56 Å². The number of nitrogens with zero attached hydrogens (tertiary/aromatic N) is 7. The van der Waals surface area contributed by atoms with Crippen molar-refractivity contribution in [2.24, 2.45) is 0 Å². The Morgan fingerprint density at radius 3 is 2.83 bits per heavy atom. The summed E-state index contributed by atoms with van der Waals surface area (Å²) in [5.74, 6) is 1.30. The maximum Gasteiger partial charge on any atom is 0.277 e. The molecule has 206 valence electrons. The number of hydroxylamine groups is 1. The lowest BCUT2D eigenvalue weighted by atomic mass is 10.1. The van der Waals surface area contributed by atoms with Gasteiger partial charge in [0.1, 0.15) is 0 Å². The van der Waals surface area contributed by atoms with Crippen molar-refractivity contribution in [3.63, 3.8) is 0 Å². The van der Waals surface area contributed by atoms with Gasteiger partial charge in [-0.05, 0) is 12.1 Å². The summed E-state index contributed by atoms with van der Waals surface area (Å²) in [6, 6.07) is 8.05. The second-order valence-corrected chi connectivity index (χ2v) is 10.3. The fourth-order valence-corrected chi connectivity index (χ4v) is 5.75. The van der Waals surface area contributed by atoms with Gasteiger partial charge in [-0.1, -0.05) is 12.1 Å². The number of nitrogens with one attached hydrogen (secondary N) is 2. The van der Waals surface area contributed by atoms with Gasteiger partial charge in [-0.2, -0.15) is 5.10 Å². The summed E-state index contributed by atoms with van der Waals surface area (Å²) in [5.41, 5.74) is 4.45. The van der Waals surface area contributed by atoms with Crippen LogP contribution in [-0.2, 0) is 16.0 Å². The molecule has 6 rings (SSSR count). The number of rotatable bonds is 9. The van der Waals surface area contributed by atoms with E-state index in [1.807, 2.05) is 23.1 Å². The third kappa shape index (κ3) is 5.16. The maximum atomic E-state index is 11.7. The molecule has 5 aromatic rings. The van der Waals surface area contributed by atoms with Crippen LogP contribution in [0.4, 0.5) is 11.8 Å². The molecule has 14 heteroatoms. The van der Waals surface area contributed by atoms with Crippen molar-refractivity contribution in [1.82, 2.24) is 35.6 Å². The molecule has 0 saturated carbocycles. The third-order valence-electron chi connectivity index (χ3n) is 6.64. The quantitative estimate of drug-likeness (QED) is 0.180. The summed E-state index contributed by atoms with van der Waals surface area (Å²) in [4.78, 5) is 35.8. The van der Waals surface area contributed by atoms with Gasteiger partial charge in [-0.3, -0.25) is 15.1 Å². The lowest BCUT2D eigenvalue weighted by Crippen LogP contribution is -2.36. The van der Waals surface area contributed by atoms with E-state index in [9.17, 15) is 4.79 Å². The second-order valence-electron chi connectivity index (χ2n) is 9.16. The zero-order chi connectivity index (χ0) is 27.5. The van der Waals surface area contributed by atoms with Crippen molar-refractivity contribution in [3.8, 4) is 11.4 Å². The topological polar surface area (TPSA) is 155 Å². The van der Waals surface area contributed by atoms with Crippen LogP contribution >= 0.6 is 11.3 Å². The molecule has 1 saturated heterocycles. The van der Waals surface area contributed by atoms with Crippen molar-refractivity contribution in [2.75, 3.05) is 56.4 Å². The molecule has 3 N–H and O–H groups in total. The van der Waals surface area contributed by atoms with Crippen LogP contribution in [0.1, 0.15) is 15.2 Å². The first kappa shape index (κ1) is 26.0. The summed E-state index contributed by atoms with van der Waals surface area (Å²) < 4.78 is 11.9. The SMILES string of the molecule is COCCN(Cc1cc2nc(-c3cccc4[nH]ncc34)nc(N3CCOCC3)c2s1)c1ncc(C(=O)NO)cn1. The monoisotopic (exact) mass is 561 g/mol. The lowest BCUT2D eigenvalue weighted by molar-refractivity contribution is 0.0705. The Balaban J connectivity index is 1.39. The molecular weight excluding hydrogens is 534 g/mol. The normalized spacial score (nSPS) is 13.7. The molecule has 0 spiro atoms. The van der Waals surface area contributed by atoms with Gasteiger partial charge in [0.25, 0.3) is 5.91 Å². The van der Waals surface area contributed by atoms with E-state index in [1.54, 1.807) is 30.1 Å². The number of hydrogen-bond donors (Lipinski definition) is 3. The summed E-state index contributed by atoms with van der Waals surface area (Å²) in [6.45, 7) is 4.28. The number of morpholine rings is 1. The van der Waals surface area contributed by atoms with Gasteiger partial charge < -0.3 is 19.3 Å². The zero-order valence-corrected chi connectivity index (χ0v) is 22.5. The number of methoxy groups -OCH3 is 1. The Hall–Kier alpha value is -4.24. The molecule has 0 atom stereocenters. The first-order chi connectivity index (χ1) is 19.6. The fraction of sp³-hybridized carbons (Fsp3) is 0.308. The first-order valence-electron chi connectivity index (χ1n) is 12.7. The molecule has 0 unspecified atom stereocenters. The highest BCUT2D eigenvalue weighted by Crippen LogP contribution is 2.36. The Morgan fingerprint density at radius 2 is 2.05 bits per heavy atom. The van der Waals surface area contributed by atoms with Crippen LogP contribution in [0.2, 0.25) is 0 Å². The van der Waals surface area contributed by atoms with Gasteiger partial charge in [0.15, 0.2) is 11.6 Å². The zero-order valence-electron chi connectivity index (χ0n) is 21.7. The number of carbonyl (C=O) groups excluding carboxylic acids is 1. The van der Waals surface area contributed by atoms with Crippen LogP contribution in [0.15, 0.2) is 42.9 Å². The van der Waals surface area contributed by atoms with E-state index in [0.29, 0.717) is 44.7 Å². The van der Waals surface area contributed by atoms with Crippen molar-refractivity contribution >= 4 is 50.1 Å². The van der Waals surface area contributed by atoms with E-state index in [1.165, 1.54) is 12.4 Å². The number of amides is 1. The Bertz CT molecular complexity index is 1630. The average molecular weight is 562 g/mol. The number of carbonyl (C=O) groups is 1. The minimum absolute atomic E-state index is 0.158. The van der Waals surface area contributed by atoms with Crippen LogP contribution in [0.5, 0.6) is 0 Å². The number of anilines is 2. The second kappa shape index (κ2) is 11.5. The third-order valence-corrected chi connectivity index (χ3v) is 7.74. The van der Waals surface area contributed by atoms with Crippen LogP contribution in [0.25, 0.3) is 32.5 Å². The average Bonchev–Trinajstić information content (AvgIpc) is 3.65. The summed E-state index contributed by atoms with van der Waals surface area (Å²) in [6.07, 6.45) is 4.56. The molecule has 1 aromatic carbocycles. The predicted octanol–water partition coefficient (Wildman–Crippen LogP) is 2.63. The number of benzene rings is 1. The van der Waals surface area contributed by atoms with Crippen LogP contribution in [0, 0.1) is 0 Å². The van der Waals surface area contributed by atoms with Crippen molar-refractivity contribution < 1.29 is 19.5 Å². The largest absolute Gasteiger partial charge is 0.383 e. The minimum Gasteiger partial charge on any atom is -0.383 e. The maximum absolute atomic E-state index is 11.7. The van der Waals surface area contributed by atoms with Gasteiger partial charge in [0.05, 0.1) is 53.9 Å². The van der Waals surface area contributed by atoms with Crippen molar-refractivity contribution in [2.45, 2.75) is 6.54 Å². The number of aromatic nitrogens is 6. The number of H-pyrrole nitrogens is 1. The lowest BCUT2D eigenvalue weighted by Gasteiger charge is -2.28. The predicted molar refractivity (Wildman–Crippen MR) is 150 cm³/mol. The molecule has 0 bridgehead atoms. The van der Waals surface area contributed by atoms with Gasteiger partial charge >= 0.3 is 0 Å². The number of thiophene rings is 1. The smallest absolute Gasteiger partial charge is 0.277 e. The highest BCUT2D eigenvalue weighted by Gasteiger charge is 2.22. The highest BCUT2D eigenvalue weighted by atomic mass is 32.1. The first-order valence-corrected chi connectivity index (χ1v) is 13.5. The van der Waals surface area contributed by atoms with Crippen LogP contribution in [0.3, 0.4) is 0 Å². The molecule has 0 aliphatic carbocycles. The standard InChI is InChI=1S/C26H27N9O4S/c1-38-8-5-35(26-27-12-16(13-28-26)25(36)33-37)15-17-11-21-22(40-17)24(34-6-9-39-10-7-34)31-23(30-21)18-3-2-4-20-19(18)14-29-32-20/h2-4,11-14,37H,5-10,15H2,1H3,(H,29,32)(H,33,36). The molecule has 4 aromatic heterocycles. The fourth-order valence-electron chi connectivity index (χ4n) is 4.62. The summed E-state index contributed by atoms with van der Waals surface area (Å²) >= 11 is 1.63. The number of ether oxygens (including phenoxy) is 2. The summed E-state index contributed by atoms with van der Waals surface area (Å²) in [7, 11) is 1.64. The molecule has 40 heavy (non-hydrogen) atoms. The molecule has 1 fully saturated rings. The van der Waals surface area contributed by atoms with Crippen LogP contribution in [-0.4, -0.2) is 87.8 Å². The minimum atomic E-state index is -0.671. The summed E-state index contributed by atoms with van der Waals surface area (Å²) in [5, 5.41) is 17.1. The van der Waals surface area contributed by atoms with Crippen LogP contribution < -0.4 is 15.3 Å².